The molecule has 1 amide bonds. The smallest absolute Gasteiger partial charge is 0.234 e. The van der Waals surface area contributed by atoms with Crippen molar-refractivity contribution in [1.82, 2.24) is 20.4 Å². The Morgan fingerprint density at radius 3 is 3.11 bits per heavy atom. The van der Waals surface area contributed by atoms with Crippen LogP contribution < -0.4 is 11.1 Å². The van der Waals surface area contributed by atoms with E-state index in [0.29, 0.717) is 29.8 Å². The summed E-state index contributed by atoms with van der Waals surface area (Å²) < 4.78 is 0. The molecule has 100 valence electrons. The highest BCUT2D eigenvalue weighted by Gasteiger charge is 2.19. The van der Waals surface area contributed by atoms with E-state index in [1.54, 1.807) is 0 Å². The number of anilines is 1. The molecule has 0 saturated carbocycles. The third kappa shape index (κ3) is 3.90. The first kappa shape index (κ1) is 13.2. The van der Waals surface area contributed by atoms with Crippen LogP contribution in [0.5, 0.6) is 0 Å². The van der Waals surface area contributed by atoms with E-state index in [9.17, 15) is 9.90 Å². The van der Waals surface area contributed by atoms with Crippen molar-refractivity contribution in [2.24, 2.45) is 0 Å². The number of nitrogen functional groups attached to an aromatic ring is 1. The van der Waals surface area contributed by atoms with Gasteiger partial charge in [0.05, 0.1) is 19.2 Å². The summed E-state index contributed by atoms with van der Waals surface area (Å²) in [5, 5.41) is 20.9. The van der Waals surface area contributed by atoms with Crippen LogP contribution in [0.4, 0.5) is 5.13 Å². The lowest BCUT2D eigenvalue weighted by atomic mass is 10.1. The molecule has 7 nitrogen and oxygen atoms in total. The maximum Gasteiger partial charge on any atom is 0.234 e. The molecule has 1 unspecified atom stereocenters. The Morgan fingerprint density at radius 2 is 2.44 bits per heavy atom. The second kappa shape index (κ2) is 6.07. The van der Waals surface area contributed by atoms with Crippen LogP contribution in [-0.2, 0) is 11.3 Å². The predicted octanol–water partition coefficient (Wildman–Crippen LogP) is -0.807. The average molecular weight is 271 g/mol. The van der Waals surface area contributed by atoms with E-state index in [2.05, 4.69) is 15.5 Å². The van der Waals surface area contributed by atoms with E-state index < -0.39 is 0 Å². The zero-order valence-electron chi connectivity index (χ0n) is 10.0. The molecule has 4 N–H and O–H groups in total. The van der Waals surface area contributed by atoms with Crippen LogP contribution in [0.25, 0.3) is 0 Å². The number of nitrogens with zero attached hydrogens (tertiary/aromatic N) is 3. The molecule has 1 aromatic heterocycles. The first-order valence-corrected chi connectivity index (χ1v) is 6.70. The fraction of sp³-hybridized carbons (Fsp3) is 0.700. The number of carbonyl (C=O) groups is 1. The van der Waals surface area contributed by atoms with Crippen molar-refractivity contribution in [3.05, 3.63) is 5.01 Å². The minimum atomic E-state index is -0.311. The molecule has 1 saturated heterocycles. The number of nitrogens with two attached hydrogens (primary N) is 1. The fourth-order valence-corrected chi connectivity index (χ4v) is 2.50. The van der Waals surface area contributed by atoms with Gasteiger partial charge in [-0.2, -0.15) is 0 Å². The quantitative estimate of drug-likeness (QED) is 0.662. The number of aromatic nitrogens is 2. The van der Waals surface area contributed by atoms with Gasteiger partial charge < -0.3 is 16.2 Å². The lowest BCUT2D eigenvalue weighted by molar-refractivity contribution is -0.123. The Kier molecular flexibility index (Phi) is 4.45. The predicted molar refractivity (Wildman–Crippen MR) is 67.8 cm³/mol. The molecular formula is C10H17N5O2S. The van der Waals surface area contributed by atoms with E-state index in [-0.39, 0.29) is 12.0 Å². The zero-order valence-corrected chi connectivity index (χ0v) is 10.8. The first-order valence-electron chi connectivity index (χ1n) is 5.88. The van der Waals surface area contributed by atoms with Gasteiger partial charge >= 0.3 is 0 Å². The monoisotopic (exact) mass is 271 g/mol. The Labute approximate surface area is 109 Å². The molecule has 0 aliphatic carbocycles. The minimum Gasteiger partial charge on any atom is -0.392 e. The van der Waals surface area contributed by atoms with Gasteiger partial charge in [0, 0.05) is 6.54 Å². The topological polar surface area (TPSA) is 104 Å². The second-order valence-electron chi connectivity index (χ2n) is 4.34. The summed E-state index contributed by atoms with van der Waals surface area (Å²) in [6, 6.07) is 0. The summed E-state index contributed by atoms with van der Waals surface area (Å²) in [5.74, 6) is -0.0714. The van der Waals surface area contributed by atoms with Crippen LogP contribution in [0.3, 0.4) is 0 Å². The second-order valence-corrected chi connectivity index (χ2v) is 5.44. The highest BCUT2D eigenvalue weighted by Crippen LogP contribution is 2.11. The number of carbonyl (C=O) groups excluding carboxylic acids is 1. The van der Waals surface area contributed by atoms with Crippen molar-refractivity contribution >= 4 is 22.4 Å². The number of aliphatic hydroxyl groups excluding tert-OH is 1. The molecule has 1 aliphatic heterocycles. The third-order valence-electron chi connectivity index (χ3n) is 2.77. The Hall–Kier alpha value is -1.25. The average Bonchev–Trinajstić information content (AvgIpc) is 2.73. The number of nitrogens with one attached hydrogen (secondary N) is 1. The Bertz CT molecular complexity index is 411. The normalized spacial score (nSPS) is 20.8. The van der Waals surface area contributed by atoms with Crippen molar-refractivity contribution in [2.75, 3.05) is 25.4 Å². The van der Waals surface area contributed by atoms with Crippen LogP contribution in [-0.4, -0.2) is 51.8 Å². The molecule has 1 fully saturated rings. The van der Waals surface area contributed by atoms with Gasteiger partial charge in [0.25, 0.3) is 0 Å². The molecule has 0 spiro atoms. The molecule has 0 radical (unpaired) electrons. The van der Waals surface area contributed by atoms with Gasteiger partial charge in [-0.05, 0) is 19.4 Å². The fourth-order valence-electron chi connectivity index (χ4n) is 1.95. The van der Waals surface area contributed by atoms with Gasteiger partial charge in [-0.3, -0.25) is 9.69 Å². The molecule has 0 bridgehead atoms. The van der Waals surface area contributed by atoms with Crippen molar-refractivity contribution in [3.63, 3.8) is 0 Å². The molecule has 2 heterocycles. The number of amides is 1. The molecule has 18 heavy (non-hydrogen) atoms. The van der Waals surface area contributed by atoms with Gasteiger partial charge in [0.1, 0.15) is 5.01 Å². The molecule has 1 atom stereocenters. The lowest BCUT2D eigenvalue weighted by Crippen LogP contribution is -2.44. The van der Waals surface area contributed by atoms with E-state index in [4.69, 9.17) is 5.73 Å². The summed E-state index contributed by atoms with van der Waals surface area (Å²) >= 11 is 1.26. The number of likely N-dealkylation sites (tertiary alicyclic amines) is 1. The highest BCUT2D eigenvalue weighted by atomic mass is 32.1. The number of aliphatic hydroxyl groups is 1. The van der Waals surface area contributed by atoms with E-state index in [1.807, 2.05) is 4.90 Å². The van der Waals surface area contributed by atoms with Gasteiger partial charge in [0.15, 0.2) is 0 Å². The van der Waals surface area contributed by atoms with Gasteiger partial charge in [-0.25, -0.2) is 0 Å². The lowest BCUT2D eigenvalue weighted by Gasteiger charge is -2.29. The number of piperidine rings is 1. The van der Waals surface area contributed by atoms with Crippen molar-refractivity contribution in [3.8, 4) is 0 Å². The van der Waals surface area contributed by atoms with Crippen LogP contribution in [0.15, 0.2) is 0 Å². The standard InChI is InChI=1S/C10H17N5O2S/c11-10-14-13-9(18-10)4-12-8(17)6-15-3-1-2-7(16)5-15/h7,16H,1-6H2,(H2,11,14)(H,12,17). The SMILES string of the molecule is Nc1nnc(CNC(=O)CN2CCCC(O)C2)s1. The van der Waals surface area contributed by atoms with Crippen LogP contribution in [0.2, 0.25) is 0 Å². The first-order chi connectivity index (χ1) is 8.63. The van der Waals surface area contributed by atoms with Crippen LogP contribution >= 0.6 is 11.3 Å². The van der Waals surface area contributed by atoms with E-state index in [0.717, 1.165) is 19.4 Å². The molecule has 0 aromatic carbocycles. The minimum absolute atomic E-state index is 0.0714. The number of hydrogen-bond donors (Lipinski definition) is 3. The largest absolute Gasteiger partial charge is 0.392 e. The summed E-state index contributed by atoms with van der Waals surface area (Å²) in [6.45, 7) is 2.09. The van der Waals surface area contributed by atoms with Crippen molar-refractivity contribution in [1.29, 1.82) is 0 Å². The van der Waals surface area contributed by atoms with Crippen molar-refractivity contribution in [2.45, 2.75) is 25.5 Å². The van der Waals surface area contributed by atoms with Crippen LogP contribution in [0, 0.1) is 0 Å². The van der Waals surface area contributed by atoms with Gasteiger partial charge in [-0.15, -0.1) is 10.2 Å². The van der Waals surface area contributed by atoms with E-state index >= 15 is 0 Å². The molecular weight excluding hydrogens is 254 g/mol. The van der Waals surface area contributed by atoms with Crippen molar-refractivity contribution < 1.29 is 9.90 Å². The van der Waals surface area contributed by atoms with Gasteiger partial charge in [0.2, 0.25) is 11.0 Å². The Morgan fingerprint density at radius 1 is 1.61 bits per heavy atom. The van der Waals surface area contributed by atoms with Gasteiger partial charge in [-0.1, -0.05) is 11.3 Å². The van der Waals surface area contributed by atoms with Crippen LogP contribution in [0.1, 0.15) is 17.8 Å². The van der Waals surface area contributed by atoms with E-state index in [1.165, 1.54) is 11.3 Å². The number of rotatable bonds is 4. The highest BCUT2D eigenvalue weighted by molar-refractivity contribution is 7.15. The maximum atomic E-state index is 11.7. The molecule has 1 aromatic rings. The molecule has 1 aliphatic rings. The molecule has 2 rings (SSSR count). The third-order valence-corrected chi connectivity index (χ3v) is 3.52. The summed E-state index contributed by atoms with van der Waals surface area (Å²) in [4.78, 5) is 13.6. The number of β-amino-alcohol motifs (C(OH)–C–C–N with tert-alkyl or cyclic N) is 1. The maximum absolute atomic E-state index is 11.7. The zero-order chi connectivity index (χ0) is 13.0. The number of hydrogen-bond acceptors (Lipinski definition) is 7. The Balaban J connectivity index is 1.71. The summed E-state index contributed by atoms with van der Waals surface area (Å²) in [7, 11) is 0. The molecule has 8 heteroatoms. The summed E-state index contributed by atoms with van der Waals surface area (Å²) in [5.41, 5.74) is 5.45. The summed E-state index contributed by atoms with van der Waals surface area (Å²) in [6.07, 6.45) is 1.44.